The van der Waals surface area contributed by atoms with Crippen LogP contribution in [0.4, 0.5) is 0 Å². The molecular formula is C21H29N5O3. The molecule has 6 rings (SSSR count). The van der Waals surface area contributed by atoms with E-state index in [2.05, 4.69) is 15.1 Å². The SMILES string of the molecule is O=C(C1CC1)N1CCOC2(C[C@H]3CC[C@@H](C2)N3C(=O)c2nnc3n2CCCC3)C1. The molecule has 156 valence electrons. The highest BCUT2D eigenvalue weighted by molar-refractivity contribution is 5.91. The Kier molecular flexibility index (Phi) is 4.02. The monoisotopic (exact) mass is 399 g/mol. The molecule has 29 heavy (non-hydrogen) atoms. The second-order valence-electron chi connectivity index (χ2n) is 9.62. The number of nitrogens with zero attached hydrogens (tertiary/aromatic N) is 5. The molecule has 8 nitrogen and oxygen atoms in total. The maximum absolute atomic E-state index is 13.4. The van der Waals surface area contributed by atoms with E-state index < -0.39 is 0 Å². The minimum absolute atomic E-state index is 0.0368. The predicted molar refractivity (Wildman–Crippen MR) is 103 cm³/mol. The molecule has 5 heterocycles. The van der Waals surface area contributed by atoms with Gasteiger partial charge in [-0.2, -0.15) is 0 Å². The summed E-state index contributed by atoms with van der Waals surface area (Å²) in [6, 6.07) is 0.350. The molecule has 1 saturated carbocycles. The molecule has 2 bridgehead atoms. The summed E-state index contributed by atoms with van der Waals surface area (Å²) in [5.74, 6) is 2.07. The number of aromatic nitrogens is 3. The third kappa shape index (κ3) is 2.90. The number of carbonyl (C=O) groups is 2. The fraction of sp³-hybridized carbons (Fsp3) is 0.810. The third-order valence-corrected chi connectivity index (χ3v) is 7.61. The van der Waals surface area contributed by atoms with Crippen LogP contribution in [0.1, 0.15) is 67.8 Å². The van der Waals surface area contributed by atoms with Gasteiger partial charge in [0, 0.05) is 44.1 Å². The van der Waals surface area contributed by atoms with Crippen LogP contribution in [0, 0.1) is 5.92 Å². The number of morpholine rings is 1. The van der Waals surface area contributed by atoms with Crippen molar-refractivity contribution >= 4 is 11.8 Å². The van der Waals surface area contributed by atoms with E-state index in [4.69, 9.17) is 4.74 Å². The van der Waals surface area contributed by atoms with Crippen molar-refractivity contribution in [3.05, 3.63) is 11.6 Å². The third-order valence-electron chi connectivity index (χ3n) is 7.61. The first-order valence-corrected chi connectivity index (χ1v) is 11.3. The number of hydrogen-bond donors (Lipinski definition) is 0. The van der Waals surface area contributed by atoms with Crippen LogP contribution in [0.2, 0.25) is 0 Å². The Morgan fingerprint density at radius 2 is 1.79 bits per heavy atom. The smallest absolute Gasteiger partial charge is 0.292 e. The summed E-state index contributed by atoms with van der Waals surface area (Å²) in [6.07, 6.45) is 8.87. The highest BCUT2D eigenvalue weighted by atomic mass is 16.5. The summed E-state index contributed by atoms with van der Waals surface area (Å²) in [4.78, 5) is 30.2. The van der Waals surface area contributed by atoms with Crippen molar-refractivity contribution in [2.75, 3.05) is 19.7 Å². The molecule has 1 aromatic rings. The van der Waals surface area contributed by atoms with Crippen LogP contribution in [0.15, 0.2) is 0 Å². The van der Waals surface area contributed by atoms with E-state index in [1.54, 1.807) is 0 Å². The van der Waals surface area contributed by atoms with Crippen molar-refractivity contribution in [3.63, 3.8) is 0 Å². The van der Waals surface area contributed by atoms with Crippen molar-refractivity contribution in [2.24, 2.45) is 5.92 Å². The van der Waals surface area contributed by atoms with Gasteiger partial charge < -0.3 is 19.1 Å². The first-order chi connectivity index (χ1) is 14.1. The number of hydrogen-bond acceptors (Lipinski definition) is 5. The molecular weight excluding hydrogens is 370 g/mol. The van der Waals surface area contributed by atoms with Crippen LogP contribution < -0.4 is 0 Å². The molecule has 2 amide bonds. The van der Waals surface area contributed by atoms with Crippen molar-refractivity contribution in [1.82, 2.24) is 24.6 Å². The second kappa shape index (κ2) is 6.52. The maximum atomic E-state index is 13.4. The molecule has 5 aliphatic rings. The average Bonchev–Trinajstić information content (AvgIpc) is 3.43. The van der Waals surface area contributed by atoms with Gasteiger partial charge in [-0.05, 0) is 51.4 Å². The minimum Gasteiger partial charge on any atom is -0.371 e. The maximum Gasteiger partial charge on any atom is 0.292 e. The second-order valence-corrected chi connectivity index (χ2v) is 9.62. The van der Waals surface area contributed by atoms with Gasteiger partial charge in [-0.25, -0.2) is 0 Å². The molecule has 1 aliphatic carbocycles. The number of piperidine rings is 1. The zero-order chi connectivity index (χ0) is 19.6. The van der Waals surface area contributed by atoms with Gasteiger partial charge in [0.1, 0.15) is 5.82 Å². The summed E-state index contributed by atoms with van der Waals surface area (Å²) in [5, 5.41) is 8.55. The Morgan fingerprint density at radius 3 is 2.55 bits per heavy atom. The number of carbonyl (C=O) groups excluding carboxylic acids is 2. The molecule has 8 heteroatoms. The molecule has 3 saturated heterocycles. The van der Waals surface area contributed by atoms with Crippen molar-refractivity contribution < 1.29 is 14.3 Å². The van der Waals surface area contributed by atoms with Gasteiger partial charge in [0.05, 0.1) is 12.2 Å². The minimum atomic E-state index is -0.282. The quantitative estimate of drug-likeness (QED) is 0.751. The standard InChI is InChI=1S/C21H29N5O3/c27-19(14-4-5-14)24-9-10-29-21(13-24)11-15-6-7-16(12-21)26(15)20(28)18-23-22-17-3-1-2-8-25(17)18/h14-16H,1-13H2/t15-,16+,21?. The lowest BCUT2D eigenvalue weighted by Gasteiger charge is -2.50. The number of rotatable bonds is 2. The van der Waals surface area contributed by atoms with Gasteiger partial charge in [0.25, 0.3) is 5.91 Å². The van der Waals surface area contributed by atoms with E-state index in [0.29, 0.717) is 31.4 Å². The fourth-order valence-corrected chi connectivity index (χ4v) is 6.09. The molecule has 0 radical (unpaired) electrons. The fourth-order valence-electron chi connectivity index (χ4n) is 6.09. The molecule has 4 aliphatic heterocycles. The van der Waals surface area contributed by atoms with Crippen LogP contribution in [-0.2, 0) is 22.5 Å². The van der Waals surface area contributed by atoms with Gasteiger partial charge in [0.15, 0.2) is 0 Å². The van der Waals surface area contributed by atoms with E-state index in [1.165, 1.54) is 0 Å². The molecule has 1 unspecified atom stereocenters. The topological polar surface area (TPSA) is 80.6 Å². The summed E-state index contributed by atoms with van der Waals surface area (Å²) in [5.41, 5.74) is -0.282. The largest absolute Gasteiger partial charge is 0.371 e. The van der Waals surface area contributed by atoms with Gasteiger partial charge in [0.2, 0.25) is 11.7 Å². The van der Waals surface area contributed by atoms with E-state index in [1.807, 2.05) is 9.47 Å². The summed E-state index contributed by atoms with van der Waals surface area (Å²) >= 11 is 0. The van der Waals surface area contributed by atoms with Crippen LogP contribution in [0.3, 0.4) is 0 Å². The number of aryl methyl sites for hydroxylation is 1. The van der Waals surface area contributed by atoms with Crippen LogP contribution in [-0.4, -0.2) is 73.8 Å². The molecule has 1 aromatic heterocycles. The van der Waals surface area contributed by atoms with Gasteiger partial charge in [-0.3, -0.25) is 9.59 Å². The van der Waals surface area contributed by atoms with Crippen LogP contribution in [0.25, 0.3) is 0 Å². The highest BCUT2D eigenvalue weighted by Gasteiger charge is 2.54. The first-order valence-electron chi connectivity index (χ1n) is 11.3. The van der Waals surface area contributed by atoms with Crippen molar-refractivity contribution in [2.45, 2.75) is 82.0 Å². The summed E-state index contributed by atoms with van der Waals surface area (Å²) < 4.78 is 8.34. The Hall–Kier alpha value is -1.96. The van der Waals surface area contributed by atoms with Crippen molar-refractivity contribution in [3.8, 4) is 0 Å². The zero-order valence-electron chi connectivity index (χ0n) is 16.9. The first kappa shape index (κ1) is 17.9. The van der Waals surface area contributed by atoms with E-state index in [9.17, 15) is 9.59 Å². The lowest BCUT2D eigenvalue weighted by Crippen LogP contribution is -2.62. The van der Waals surface area contributed by atoms with Crippen molar-refractivity contribution in [1.29, 1.82) is 0 Å². The summed E-state index contributed by atoms with van der Waals surface area (Å²) in [6.45, 7) is 2.86. The number of amides is 2. The molecule has 1 spiro atoms. The zero-order valence-corrected chi connectivity index (χ0v) is 16.9. The molecule has 3 atom stereocenters. The van der Waals surface area contributed by atoms with Crippen LogP contribution >= 0.6 is 0 Å². The Morgan fingerprint density at radius 1 is 1.00 bits per heavy atom. The van der Waals surface area contributed by atoms with E-state index in [-0.39, 0.29) is 29.5 Å². The van der Waals surface area contributed by atoms with Gasteiger partial charge in [-0.15, -0.1) is 10.2 Å². The Bertz CT molecular complexity index is 833. The molecule has 4 fully saturated rings. The molecule has 0 N–H and O–H groups in total. The van der Waals surface area contributed by atoms with E-state index in [0.717, 1.165) is 70.2 Å². The number of fused-ring (bicyclic) bond motifs is 3. The van der Waals surface area contributed by atoms with E-state index >= 15 is 0 Å². The average molecular weight is 399 g/mol. The van der Waals surface area contributed by atoms with Gasteiger partial charge >= 0.3 is 0 Å². The summed E-state index contributed by atoms with van der Waals surface area (Å²) in [7, 11) is 0. The number of ether oxygens (including phenoxy) is 1. The highest BCUT2D eigenvalue weighted by Crippen LogP contribution is 2.45. The Balaban J connectivity index is 1.21. The predicted octanol–water partition coefficient (Wildman–Crippen LogP) is 1.39. The lowest BCUT2D eigenvalue weighted by atomic mass is 9.84. The van der Waals surface area contributed by atoms with Gasteiger partial charge in [-0.1, -0.05) is 0 Å². The molecule has 0 aromatic carbocycles. The van der Waals surface area contributed by atoms with Crippen LogP contribution in [0.5, 0.6) is 0 Å². The normalized spacial score (nSPS) is 33.8. The Labute approximate surface area is 170 Å². The lowest BCUT2D eigenvalue weighted by molar-refractivity contribution is -0.164.